The van der Waals surface area contributed by atoms with Gasteiger partial charge in [-0.2, -0.15) is 0 Å². The predicted octanol–water partition coefficient (Wildman–Crippen LogP) is 1.15. The largest absolute Gasteiger partial charge is 0.347 e. The van der Waals surface area contributed by atoms with E-state index in [1.54, 1.807) is 11.6 Å². The van der Waals surface area contributed by atoms with Crippen molar-refractivity contribution in [2.45, 2.75) is 25.2 Å². The van der Waals surface area contributed by atoms with Crippen LogP contribution in [0, 0.1) is 0 Å². The maximum atomic E-state index is 12.7. The molecule has 2 aliphatic heterocycles. The highest BCUT2D eigenvalue weighted by Gasteiger charge is 2.29. The zero-order valence-corrected chi connectivity index (χ0v) is 15.1. The Hall–Kier alpha value is -2.67. The minimum Gasteiger partial charge on any atom is -0.347 e. The fraction of sp³-hybridized carbons (Fsp3) is 0.421. The highest BCUT2D eigenvalue weighted by Crippen LogP contribution is 2.26. The van der Waals surface area contributed by atoms with Crippen molar-refractivity contribution in [3.63, 3.8) is 0 Å². The van der Waals surface area contributed by atoms with E-state index in [1.165, 1.54) is 4.57 Å². The zero-order chi connectivity index (χ0) is 18.3. The van der Waals surface area contributed by atoms with Crippen molar-refractivity contribution in [1.29, 1.82) is 0 Å². The number of benzene rings is 1. The highest BCUT2D eigenvalue weighted by atomic mass is 16.2. The van der Waals surface area contributed by atoms with Gasteiger partial charge in [0.2, 0.25) is 0 Å². The van der Waals surface area contributed by atoms with E-state index in [1.807, 2.05) is 49.8 Å². The lowest BCUT2D eigenvalue weighted by Gasteiger charge is -2.40. The van der Waals surface area contributed by atoms with Gasteiger partial charge in [-0.3, -0.25) is 24.0 Å². The predicted molar refractivity (Wildman–Crippen MR) is 102 cm³/mol. The summed E-state index contributed by atoms with van der Waals surface area (Å²) in [5.74, 6) is 0. The quantitative estimate of drug-likeness (QED) is 0.760. The van der Waals surface area contributed by atoms with E-state index >= 15 is 0 Å². The number of hydrogen-bond donors (Lipinski definition) is 0. The Morgan fingerprint density at radius 1 is 1.00 bits per heavy atom. The molecule has 26 heavy (non-hydrogen) atoms. The molecule has 0 bridgehead atoms. The molecule has 1 aromatic heterocycles. The molecule has 0 saturated carbocycles. The van der Waals surface area contributed by atoms with Crippen LogP contribution in [0.15, 0.2) is 51.1 Å². The summed E-state index contributed by atoms with van der Waals surface area (Å²) in [6.45, 7) is 1.67. The molecule has 0 spiro atoms. The number of likely N-dealkylation sites (tertiary alicyclic amines) is 1. The molecule has 0 amide bonds. The first-order valence-corrected chi connectivity index (χ1v) is 8.94. The van der Waals surface area contributed by atoms with E-state index in [4.69, 9.17) is 0 Å². The van der Waals surface area contributed by atoms with Crippen LogP contribution >= 0.6 is 0 Å². The summed E-state index contributed by atoms with van der Waals surface area (Å²) < 4.78 is 3.16. The summed E-state index contributed by atoms with van der Waals surface area (Å²) in [7, 11) is 3.67. The summed E-state index contributed by atoms with van der Waals surface area (Å²) in [6.07, 6.45) is 7.42. The van der Waals surface area contributed by atoms with Gasteiger partial charge in [0.05, 0.1) is 11.0 Å². The number of rotatable bonds is 2. The average molecular weight is 353 g/mol. The van der Waals surface area contributed by atoms with Crippen LogP contribution in [-0.4, -0.2) is 51.6 Å². The maximum Gasteiger partial charge on any atom is 0.317 e. The molecule has 1 unspecified atom stereocenters. The van der Waals surface area contributed by atoms with Gasteiger partial charge in [0.1, 0.15) is 0 Å². The fourth-order valence-corrected chi connectivity index (χ4v) is 3.99. The second-order valence-electron chi connectivity index (χ2n) is 6.95. The summed E-state index contributed by atoms with van der Waals surface area (Å²) in [5, 5.41) is 0. The van der Waals surface area contributed by atoms with Gasteiger partial charge in [0.15, 0.2) is 6.29 Å². The minimum atomic E-state index is -0.465. The number of fused-ring (bicyclic) bond motifs is 1. The number of aliphatic imine (C=N–C) groups is 1. The third kappa shape index (κ3) is 2.68. The van der Waals surface area contributed by atoms with Crippen LogP contribution in [0.4, 0.5) is 0 Å². The Bertz CT molecular complexity index is 995. The van der Waals surface area contributed by atoms with Crippen molar-refractivity contribution in [3.05, 3.63) is 57.2 Å². The van der Waals surface area contributed by atoms with Gasteiger partial charge in [-0.05, 0) is 31.1 Å². The Kier molecular flexibility index (Phi) is 4.24. The third-order valence-corrected chi connectivity index (χ3v) is 5.39. The molecule has 4 rings (SSSR count). The van der Waals surface area contributed by atoms with E-state index in [0.717, 1.165) is 37.0 Å². The lowest BCUT2D eigenvalue weighted by molar-refractivity contribution is 0.0647. The Labute approximate surface area is 151 Å². The monoisotopic (exact) mass is 353 g/mol. The maximum absolute atomic E-state index is 12.7. The fourth-order valence-electron chi connectivity index (χ4n) is 3.99. The highest BCUT2D eigenvalue weighted by molar-refractivity contribution is 5.75. The normalized spacial score (nSPS) is 21.6. The molecule has 7 heteroatoms. The van der Waals surface area contributed by atoms with E-state index in [0.29, 0.717) is 0 Å². The van der Waals surface area contributed by atoms with Gasteiger partial charge in [-0.15, -0.1) is 0 Å². The van der Waals surface area contributed by atoms with E-state index < -0.39 is 11.1 Å². The second kappa shape index (κ2) is 6.57. The molecule has 1 fully saturated rings. The van der Waals surface area contributed by atoms with Gasteiger partial charge in [-0.1, -0.05) is 12.1 Å². The first-order chi connectivity index (χ1) is 12.6. The number of para-hydroxylation sites is 2. The van der Waals surface area contributed by atoms with Crippen LogP contribution < -0.4 is 11.1 Å². The first kappa shape index (κ1) is 16.8. The van der Waals surface area contributed by atoms with Gasteiger partial charge < -0.3 is 9.47 Å². The topological polar surface area (TPSA) is 62.8 Å². The molecular formula is C19H23N5O2. The second-order valence-corrected chi connectivity index (χ2v) is 6.95. The number of hydrogen-bond acceptors (Lipinski definition) is 5. The van der Waals surface area contributed by atoms with Crippen LogP contribution in [0.25, 0.3) is 11.0 Å². The molecule has 0 radical (unpaired) electrons. The molecule has 0 aliphatic carbocycles. The van der Waals surface area contributed by atoms with E-state index in [9.17, 15) is 9.59 Å². The van der Waals surface area contributed by atoms with Crippen molar-refractivity contribution in [3.8, 4) is 0 Å². The first-order valence-electron chi connectivity index (χ1n) is 8.94. The average Bonchev–Trinajstić information content (AvgIpc) is 2.67. The molecular weight excluding hydrogens is 330 g/mol. The summed E-state index contributed by atoms with van der Waals surface area (Å²) >= 11 is 0. The Morgan fingerprint density at radius 2 is 1.69 bits per heavy atom. The number of nitrogens with zero attached hydrogens (tertiary/aromatic N) is 5. The number of aryl methyl sites for hydroxylation is 1. The van der Waals surface area contributed by atoms with E-state index in [-0.39, 0.29) is 12.3 Å². The van der Waals surface area contributed by atoms with Gasteiger partial charge in [0, 0.05) is 45.6 Å². The lowest BCUT2D eigenvalue weighted by Crippen LogP contribution is -2.50. The molecule has 0 N–H and O–H groups in total. The number of aromatic nitrogens is 2. The van der Waals surface area contributed by atoms with Crippen LogP contribution in [0.2, 0.25) is 0 Å². The molecule has 7 nitrogen and oxygen atoms in total. The molecule has 136 valence electrons. The molecule has 1 atom stereocenters. The lowest BCUT2D eigenvalue weighted by atomic mass is 10.0. The Morgan fingerprint density at radius 3 is 2.38 bits per heavy atom. The molecule has 3 heterocycles. The summed E-state index contributed by atoms with van der Waals surface area (Å²) in [5.41, 5.74) is 0.725. The smallest absolute Gasteiger partial charge is 0.317 e. The van der Waals surface area contributed by atoms with Crippen LogP contribution in [-0.2, 0) is 7.05 Å². The third-order valence-electron chi connectivity index (χ3n) is 5.39. The van der Waals surface area contributed by atoms with Crippen LogP contribution in [0.5, 0.6) is 0 Å². The van der Waals surface area contributed by atoms with Gasteiger partial charge in [0.25, 0.3) is 0 Å². The molecule has 2 aromatic rings. The summed E-state index contributed by atoms with van der Waals surface area (Å²) in [4.78, 5) is 34.0. The summed E-state index contributed by atoms with van der Waals surface area (Å²) in [6, 6.07) is 7.65. The van der Waals surface area contributed by atoms with Crippen molar-refractivity contribution < 1.29 is 0 Å². The SMILES string of the molecule is CN1C=CC=NC1N1CCC(n2c(=O)c(=O)n(C)c3ccccc32)CC1. The van der Waals surface area contributed by atoms with Crippen LogP contribution in [0.3, 0.4) is 0 Å². The van der Waals surface area contributed by atoms with Crippen molar-refractivity contribution in [1.82, 2.24) is 18.9 Å². The van der Waals surface area contributed by atoms with Gasteiger partial charge in [-0.25, -0.2) is 0 Å². The Balaban J connectivity index is 1.65. The molecule has 1 saturated heterocycles. The van der Waals surface area contributed by atoms with Crippen molar-refractivity contribution in [2.75, 3.05) is 20.1 Å². The standard InChI is InChI=1S/C19H23N5O2/c1-21-11-5-10-20-19(21)23-12-8-14(9-13-23)24-16-7-4-3-6-15(16)22(2)17(25)18(24)26/h3-7,10-11,14,19H,8-9,12-13H2,1-2H3. The van der Waals surface area contributed by atoms with Crippen LogP contribution in [0.1, 0.15) is 18.9 Å². The minimum absolute atomic E-state index is 0.0121. The van der Waals surface area contributed by atoms with Gasteiger partial charge >= 0.3 is 11.1 Å². The zero-order valence-electron chi connectivity index (χ0n) is 15.1. The van der Waals surface area contributed by atoms with E-state index in [2.05, 4.69) is 14.8 Å². The number of piperidine rings is 1. The van der Waals surface area contributed by atoms with Crippen molar-refractivity contribution >= 4 is 17.2 Å². The van der Waals surface area contributed by atoms with Crippen molar-refractivity contribution in [2.24, 2.45) is 12.0 Å². The number of allylic oxidation sites excluding steroid dienone is 1. The molecule has 2 aliphatic rings. The molecule has 1 aromatic carbocycles.